The molecule has 2 aromatic heterocycles. The minimum atomic E-state index is -0.302. The normalized spacial score (nSPS) is 13.0. The van der Waals surface area contributed by atoms with Gasteiger partial charge in [0.2, 0.25) is 0 Å². The number of nitrogens with one attached hydrogen (secondary N) is 2. The lowest BCUT2D eigenvalue weighted by molar-refractivity contribution is 0.103. The lowest BCUT2D eigenvalue weighted by Gasteiger charge is -2.08. The topological polar surface area (TPSA) is 96.3 Å². The second-order valence-electron chi connectivity index (χ2n) is 9.12. The summed E-state index contributed by atoms with van der Waals surface area (Å²) in [5.74, 6) is 0.0281. The molecular weight excluding hydrogens is 484 g/mol. The summed E-state index contributed by atoms with van der Waals surface area (Å²) in [5.41, 5.74) is 3.32. The van der Waals surface area contributed by atoms with Crippen molar-refractivity contribution in [1.82, 2.24) is 15.1 Å². The van der Waals surface area contributed by atoms with Crippen LogP contribution in [0.1, 0.15) is 39.7 Å². The van der Waals surface area contributed by atoms with Gasteiger partial charge in [0.05, 0.1) is 16.3 Å². The Balaban J connectivity index is 1.21. The van der Waals surface area contributed by atoms with Crippen LogP contribution in [0.15, 0.2) is 84.9 Å². The van der Waals surface area contributed by atoms with E-state index < -0.39 is 0 Å². The quantitative estimate of drug-likeness (QED) is 0.249. The number of nitrogens with zero attached hydrogens (tertiary/aromatic N) is 2. The minimum Gasteiger partial charge on any atom is -0.507 e. The van der Waals surface area contributed by atoms with E-state index in [0.717, 1.165) is 34.2 Å². The molecule has 2 heterocycles. The highest BCUT2D eigenvalue weighted by Gasteiger charge is 2.30. The molecule has 0 spiro atoms. The number of hydrogen-bond acceptors (Lipinski definition) is 5. The van der Waals surface area contributed by atoms with Crippen LogP contribution >= 0.6 is 11.3 Å². The average Bonchev–Trinajstić information content (AvgIpc) is 3.50. The smallest absolute Gasteiger partial charge is 0.342 e. The molecule has 0 bridgehead atoms. The van der Waals surface area contributed by atoms with Gasteiger partial charge in [0.25, 0.3) is 5.91 Å². The molecule has 0 aliphatic heterocycles. The maximum Gasteiger partial charge on any atom is 0.342 e. The van der Waals surface area contributed by atoms with Crippen LogP contribution < -0.4 is 10.6 Å². The zero-order chi connectivity index (χ0) is 25.4. The molecule has 3 N–H and O–H groups in total. The molecule has 1 saturated carbocycles. The van der Waals surface area contributed by atoms with E-state index in [4.69, 9.17) is 0 Å². The highest BCUT2D eigenvalue weighted by atomic mass is 32.1. The molecule has 2 amide bonds. The number of fused-ring (bicyclic) bond motifs is 1. The highest BCUT2D eigenvalue weighted by molar-refractivity contribution is 7.20. The van der Waals surface area contributed by atoms with E-state index >= 15 is 0 Å². The van der Waals surface area contributed by atoms with Gasteiger partial charge in [-0.2, -0.15) is 9.78 Å². The monoisotopic (exact) mass is 508 g/mol. The highest BCUT2D eigenvalue weighted by Crippen LogP contribution is 2.42. The van der Waals surface area contributed by atoms with E-state index in [9.17, 15) is 14.7 Å². The number of phenolic OH excluding ortho intramolecular Hbond substituents is 1. The summed E-state index contributed by atoms with van der Waals surface area (Å²) >= 11 is 1.42. The summed E-state index contributed by atoms with van der Waals surface area (Å²) in [4.78, 5) is 26.3. The van der Waals surface area contributed by atoms with Crippen LogP contribution in [0.5, 0.6) is 5.75 Å². The number of aromatic nitrogens is 2. The number of benzene rings is 3. The molecule has 0 unspecified atom stereocenters. The van der Waals surface area contributed by atoms with Crippen molar-refractivity contribution in [3.8, 4) is 17.0 Å². The van der Waals surface area contributed by atoms with Crippen LogP contribution in [0, 0.1) is 0 Å². The Morgan fingerprint density at radius 3 is 2.51 bits per heavy atom. The fraction of sp³-hybridized carbons (Fsp3) is 0.138. The van der Waals surface area contributed by atoms with Gasteiger partial charge < -0.3 is 15.7 Å². The third kappa shape index (κ3) is 4.83. The predicted molar refractivity (Wildman–Crippen MR) is 145 cm³/mol. The largest absolute Gasteiger partial charge is 0.507 e. The summed E-state index contributed by atoms with van der Waals surface area (Å²) in [5, 5.41) is 22.1. The summed E-state index contributed by atoms with van der Waals surface area (Å²) in [6.07, 6.45) is 2.01. The first-order valence-electron chi connectivity index (χ1n) is 12.1. The number of phenols is 1. The molecule has 3 aromatic carbocycles. The molecule has 1 aliphatic rings. The molecule has 0 atom stereocenters. The van der Waals surface area contributed by atoms with Gasteiger partial charge in [-0.1, -0.05) is 48.5 Å². The van der Waals surface area contributed by atoms with Crippen molar-refractivity contribution in [2.24, 2.45) is 0 Å². The van der Waals surface area contributed by atoms with Crippen LogP contribution in [0.2, 0.25) is 0 Å². The Morgan fingerprint density at radius 2 is 1.76 bits per heavy atom. The van der Waals surface area contributed by atoms with Gasteiger partial charge in [0.1, 0.15) is 5.75 Å². The Labute approximate surface area is 217 Å². The van der Waals surface area contributed by atoms with E-state index in [2.05, 4.69) is 15.7 Å². The van der Waals surface area contributed by atoms with E-state index in [1.54, 1.807) is 12.1 Å². The van der Waals surface area contributed by atoms with E-state index in [-0.39, 0.29) is 23.6 Å². The van der Waals surface area contributed by atoms with E-state index in [1.165, 1.54) is 22.1 Å². The van der Waals surface area contributed by atoms with Crippen LogP contribution in [-0.4, -0.2) is 26.8 Å². The van der Waals surface area contributed by atoms with Gasteiger partial charge in [-0.3, -0.25) is 4.79 Å². The van der Waals surface area contributed by atoms with Gasteiger partial charge in [-0.15, -0.1) is 11.3 Å². The van der Waals surface area contributed by atoms with Gasteiger partial charge in [0.15, 0.2) is 0 Å². The first-order chi connectivity index (χ1) is 18.0. The van der Waals surface area contributed by atoms with Crippen molar-refractivity contribution in [2.45, 2.75) is 25.3 Å². The van der Waals surface area contributed by atoms with Gasteiger partial charge in [-0.05, 0) is 54.1 Å². The lowest BCUT2D eigenvalue weighted by atomic mass is 10.1. The van der Waals surface area contributed by atoms with Crippen molar-refractivity contribution in [3.63, 3.8) is 0 Å². The van der Waals surface area contributed by atoms with Crippen molar-refractivity contribution < 1.29 is 14.7 Å². The van der Waals surface area contributed by atoms with Crippen molar-refractivity contribution in [3.05, 3.63) is 101 Å². The third-order valence-corrected chi connectivity index (χ3v) is 7.51. The van der Waals surface area contributed by atoms with Crippen LogP contribution in [0.25, 0.3) is 21.3 Å². The van der Waals surface area contributed by atoms with Crippen LogP contribution in [0.3, 0.4) is 0 Å². The Bertz CT molecular complexity index is 1590. The first kappa shape index (κ1) is 23.0. The molecule has 1 aliphatic carbocycles. The third-order valence-electron chi connectivity index (χ3n) is 6.39. The minimum absolute atomic E-state index is 0.0224. The molecule has 184 valence electrons. The maximum atomic E-state index is 13.0. The summed E-state index contributed by atoms with van der Waals surface area (Å²) in [6.45, 7) is 0.401. The molecule has 8 heteroatoms. The molecule has 37 heavy (non-hydrogen) atoms. The first-order valence-corrected chi connectivity index (χ1v) is 12.9. The van der Waals surface area contributed by atoms with Crippen LogP contribution in [0.4, 0.5) is 10.5 Å². The SMILES string of the molecule is O=C(Nc1ccc(-c2cc(C3CC3)n(C(=O)NCc3ccccc3)n2)c(O)c1)c1cc2ccccc2s1. The Morgan fingerprint density at radius 1 is 0.973 bits per heavy atom. The number of carbonyl (C=O) groups is 2. The number of amides is 2. The van der Waals surface area contributed by atoms with E-state index in [0.29, 0.717) is 28.4 Å². The molecular formula is C29H24N4O3S. The molecule has 0 radical (unpaired) electrons. The summed E-state index contributed by atoms with van der Waals surface area (Å²) < 4.78 is 2.45. The van der Waals surface area contributed by atoms with Gasteiger partial charge in [-0.25, -0.2) is 4.79 Å². The number of aromatic hydroxyl groups is 1. The number of anilines is 1. The fourth-order valence-corrected chi connectivity index (χ4v) is 5.28. The summed E-state index contributed by atoms with van der Waals surface area (Å²) in [6, 6.07) is 25.9. The fourth-order valence-electron chi connectivity index (χ4n) is 4.32. The summed E-state index contributed by atoms with van der Waals surface area (Å²) in [7, 11) is 0. The number of hydrogen-bond donors (Lipinski definition) is 3. The standard InChI is InChI=1S/C29H24N4O3S/c34-25-15-21(31-28(35)27-14-20-8-4-5-9-26(20)37-27)12-13-22(25)23-16-24(19-10-11-19)33(32-23)29(36)30-17-18-6-2-1-3-7-18/h1-9,12-16,19,34H,10-11,17H2,(H,30,36)(H,31,35). The lowest BCUT2D eigenvalue weighted by Crippen LogP contribution is -2.30. The second-order valence-corrected chi connectivity index (χ2v) is 10.2. The Kier molecular flexibility index (Phi) is 5.94. The molecule has 6 rings (SSSR count). The zero-order valence-corrected chi connectivity index (χ0v) is 20.7. The number of rotatable bonds is 6. The molecule has 1 fully saturated rings. The number of carbonyl (C=O) groups excluding carboxylic acids is 2. The number of thiophene rings is 1. The zero-order valence-electron chi connectivity index (χ0n) is 19.8. The van der Waals surface area contributed by atoms with Crippen LogP contribution in [-0.2, 0) is 6.54 Å². The predicted octanol–water partition coefficient (Wildman–Crippen LogP) is 6.36. The molecule has 7 nitrogen and oxygen atoms in total. The second kappa shape index (κ2) is 9.55. The van der Waals surface area contributed by atoms with Crippen molar-refractivity contribution in [2.75, 3.05) is 5.32 Å². The van der Waals surface area contributed by atoms with Gasteiger partial charge in [0, 0.05) is 34.5 Å². The Hall–Kier alpha value is -4.43. The van der Waals surface area contributed by atoms with E-state index in [1.807, 2.05) is 66.7 Å². The van der Waals surface area contributed by atoms with Crippen molar-refractivity contribution in [1.29, 1.82) is 0 Å². The maximum absolute atomic E-state index is 13.0. The molecule has 0 saturated heterocycles. The van der Waals surface area contributed by atoms with Gasteiger partial charge >= 0.3 is 6.03 Å². The molecule has 5 aromatic rings. The van der Waals surface area contributed by atoms with Crippen molar-refractivity contribution >= 4 is 39.0 Å². The average molecular weight is 509 g/mol.